The summed E-state index contributed by atoms with van der Waals surface area (Å²) in [6, 6.07) is 7.28. The van der Waals surface area contributed by atoms with Gasteiger partial charge in [0.1, 0.15) is 6.04 Å². The summed E-state index contributed by atoms with van der Waals surface area (Å²) in [6.45, 7) is 4.31. The molecule has 1 amide bonds. The molecule has 0 spiro atoms. The van der Waals surface area contributed by atoms with Crippen LogP contribution >= 0.6 is 0 Å². The van der Waals surface area contributed by atoms with Crippen LogP contribution in [0, 0.1) is 6.92 Å². The predicted octanol–water partition coefficient (Wildman–Crippen LogP) is 1.86. The second-order valence-corrected chi connectivity index (χ2v) is 5.94. The average Bonchev–Trinajstić information content (AvgIpc) is 2.92. The molecule has 0 saturated carbocycles. The number of carbonyl (C=O) groups is 2. The molecular formula is C18H21N3O3. The first kappa shape index (κ1) is 16.2. The highest BCUT2D eigenvalue weighted by Gasteiger charge is 2.36. The Morgan fingerprint density at radius 2 is 2.00 bits per heavy atom. The molecule has 1 aromatic carbocycles. The highest BCUT2D eigenvalue weighted by molar-refractivity contribution is 5.97. The summed E-state index contributed by atoms with van der Waals surface area (Å²) in [5, 5.41) is 4.14. The van der Waals surface area contributed by atoms with Gasteiger partial charge in [0.15, 0.2) is 0 Å². The Bertz CT molecular complexity index is 782. The number of carbonyl (C=O) groups excluding carboxylic acids is 2. The van der Waals surface area contributed by atoms with Crippen molar-refractivity contribution in [3.63, 3.8) is 0 Å². The van der Waals surface area contributed by atoms with E-state index in [9.17, 15) is 9.59 Å². The van der Waals surface area contributed by atoms with Gasteiger partial charge >= 0.3 is 5.97 Å². The predicted molar refractivity (Wildman–Crippen MR) is 88.4 cm³/mol. The Balaban J connectivity index is 1.97. The third kappa shape index (κ3) is 2.79. The number of fused-ring (bicyclic) bond motifs is 1. The number of ether oxygens (including phenoxy) is 1. The molecular weight excluding hydrogens is 306 g/mol. The monoisotopic (exact) mass is 327 g/mol. The summed E-state index contributed by atoms with van der Waals surface area (Å²) in [4.78, 5) is 27.0. The van der Waals surface area contributed by atoms with Crippen molar-refractivity contribution in [2.24, 2.45) is 7.05 Å². The molecule has 6 heteroatoms. The highest BCUT2D eigenvalue weighted by atomic mass is 16.5. The molecule has 3 rings (SSSR count). The molecule has 6 nitrogen and oxygen atoms in total. The zero-order valence-corrected chi connectivity index (χ0v) is 14.2. The number of amides is 1. The molecule has 1 atom stereocenters. The van der Waals surface area contributed by atoms with Crippen molar-refractivity contribution in [1.29, 1.82) is 0 Å². The molecule has 0 fully saturated rings. The SMILES string of the molecule is CCOC(=O)C1Cc2ccccc2CN1C(=O)c1cnn(C)c1C. The summed E-state index contributed by atoms with van der Waals surface area (Å²) in [7, 11) is 1.79. The van der Waals surface area contributed by atoms with E-state index in [4.69, 9.17) is 4.74 Å². The summed E-state index contributed by atoms with van der Waals surface area (Å²) >= 11 is 0. The molecule has 0 saturated heterocycles. The van der Waals surface area contributed by atoms with Crippen LogP contribution in [0.2, 0.25) is 0 Å². The number of aromatic nitrogens is 2. The van der Waals surface area contributed by atoms with Gasteiger partial charge in [-0.25, -0.2) is 4.79 Å². The third-order valence-corrected chi connectivity index (χ3v) is 4.53. The standard InChI is InChI=1S/C18H21N3O3/c1-4-24-18(23)16-9-13-7-5-6-8-14(13)11-21(16)17(22)15-10-19-20(3)12(15)2/h5-8,10,16H,4,9,11H2,1-3H3. The summed E-state index contributed by atoms with van der Waals surface area (Å²) in [5.41, 5.74) is 3.45. The molecule has 0 bridgehead atoms. The quantitative estimate of drug-likeness (QED) is 0.807. The molecule has 0 aliphatic carbocycles. The van der Waals surface area contributed by atoms with Crippen LogP contribution in [-0.2, 0) is 29.5 Å². The van der Waals surface area contributed by atoms with Gasteiger partial charge in [-0.3, -0.25) is 9.48 Å². The van der Waals surface area contributed by atoms with E-state index in [2.05, 4.69) is 5.10 Å². The van der Waals surface area contributed by atoms with Crippen molar-refractivity contribution in [1.82, 2.24) is 14.7 Å². The number of aryl methyl sites for hydroxylation is 1. The minimum absolute atomic E-state index is 0.187. The van der Waals surface area contributed by atoms with E-state index >= 15 is 0 Å². The van der Waals surface area contributed by atoms with Gasteiger partial charge in [0, 0.05) is 25.7 Å². The van der Waals surface area contributed by atoms with Crippen LogP contribution in [-0.4, -0.2) is 39.2 Å². The van der Waals surface area contributed by atoms with E-state index in [0.29, 0.717) is 25.1 Å². The van der Waals surface area contributed by atoms with Gasteiger partial charge in [-0.2, -0.15) is 5.10 Å². The van der Waals surface area contributed by atoms with Crippen LogP contribution in [0.4, 0.5) is 0 Å². The molecule has 0 N–H and O–H groups in total. The van der Waals surface area contributed by atoms with Gasteiger partial charge in [0.2, 0.25) is 0 Å². The maximum atomic E-state index is 13.0. The number of rotatable bonds is 3. The Hall–Kier alpha value is -2.63. The normalized spacial score (nSPS) is 16.6. The Morgan fingerprint density at radius 3 is 2.62 bits per heavy atom. The summed E-state index contributed by atoms with van der Waals surface area (Å²) in [6.07, 6.45) is 2.03. The highest BCUT2D eigenvalue weighted by Crippen LogP contribution is 2.26. The van der Waals surface area contributed by atoms with E-state index in [1.165, 1.54) is 0 Å². The van der Waals surface area contributed by atoms with Crippen LogP contribution < -0.4 is 0 Å². The summed E-state index contributed by atoms with van der Waals surface area (Å²) in [5.74, 6) is -0.546. The molecule has 126 valence electrons. The fraction of sp³-hybridized carbons (Fsp3) is 0.389. The largest absolute Gasteiger partial charge is 0.464 e. The van der Waals surface area contributed by atoms with Crippen molar-refractivity contribution in [2.45, 2.75) is 32.9 Å². The van der Waals surface area contributed by atoms with Crippen LogP contribution in [0.3, 0.4) is 0 Å². The first-order chi connectivity index (χ1) is 11.5. The lowest BCUT2D eigenvalue weighted by Gasteiger charge is -2.35. The van der Waals surface area contributed by atoms with Gasteiger partial charge < -0.3 is 9.64 Å². The number of nitrogens with zero attached hydrogens (tertiary/aromatic N) is 3. The minimum atomic E-state index is -0.605. The van der Waals surface area contributed by atoms with E-state index in [0.717, 1.165) is 16.8 Å². The Morgan fingerprint density at radius 1 is 1.29 bits per heavy atom. The number of hydrogen-bond donors (Lipinski definition) is 0. The summed E-state index contributed by atoms with van der Waals surface area (Å²) < 4.78 is 6.85. The smallest absolute Gasteiger partial charge is 0.329 e. The fourth-order valence-electron chi connectivity index (χ4n) is 3.05. The first-order valence-electron chi connectivity index (χ1n) is 8.06. The Kier molecular flexibility index (Phi) is 4.38. The number of esters is 1. The van der Waals surface area contributed by atoms with Crippen LogP contribution in [0.15, 0.2) is 30.5 Å². The lowest BCUT2D eigenvalue weighted by molar-refractivity contribution is -0.149. The maximum absolute atomic E-state index is 13.0. The third-order valence-electron chi connectivity index (χ3n) is 4.53. The van der Waals surface area contributed by atoms with E-state index in [1.807, 2.05) is 31.2 Å². The first-order valence-corrected chi connectivity index (χ1v) is 8.06. The van der Waals surface area contributed by atoms with Crippen LogP contribution in [0.5, 0.6) is 0 Å². The van der Waals surface area contributed by atoms with Crippen LogP contribution in [0.25, 0.3) is 0 Å². The van der Waals surface area contributed by atoms with Crippen molar-refractivity contribution in [3.8, 4) is 0 Å². The van der Waals surface area contributed by atoms with Gasteiger partial charge in [0.05, 0.1) is 18.4 Å². The number of hydrogen-bond acceptors (Lipinski definition) is 4. The number of benzene rings is 1. The van der Waals surface area contributed by atoms with Crippen molar-refractivity contribution in [2.75, 3.05) is 6.61 Å². The molecule has 2 heterocycles. The van der Waals surface area contributed by atoms with Crippen molar-refractivity contribution in [3.05, 3.63) is 52.8 Å². The lowest BCUT2D eigenvalue weighted by atomic mass is 9.93. The molecule has 0 radical (unpaired) electrons. The van der Waals surface area contributed by atoms with Crippen molar-refractivity contribution < 1.29 is 14.3 Å². The lowest BCUT2D eigenvalue weighted by Crippen LogP contribution is -2.49. The zero-order chi connectivity index (χ0) is 17.3. The van der Waals surface area contributed by atoms with E-state index < -0.39 is 6.04 Å². The Labute approximate surface area is 141 Å². The maximum Gasteiger partial charge on any atom is 0.329 e. The molecule has 1 aromatic heterocycles. The molecule has 24 heavy (non-hydrogen) atoms. The van der Waals surface area contributed by atoms with Crippen molar-refractivity contribution >= 4 is 11.9 Å². The van der Waals surface area contributed by atoms with Crippen LogP contribution in [0.1, 0.15) is 34.1 Å². The topological polar surface area (TPSA) is 64.4 Å². The molecule has 1 aliphatic rings. The van der Waals surface area contributed by atoms with Gasteiger partial charge in [0.25, 0.3) is 5.91 Å². The van der Waals surface area contributed by atoms with E-state index in [-0.39, 0.29) is 11.9 Å². The zero-order valence-electron chi connectivity index (χ0n) is 14.2. The molecule has 1 aliphatic heterocycles. The van der Waals surface area contributed by atoms with Gasteiger partial charge in [-0.15, -0.1) is 0 Å². The fourth-order valence-corrected chi connectivity index (χ4v) is 3.05. The second-order valence-electron chi connectivity index (χ2n) is 5.94. The minimum Gasteiger partial charge on any atom is -0.464 e. The molecule has 1 unspecified atom stereocenters. The second kappa shape index (κ2) is 6.47. The average molecular weight is 327 g/mol. The van der Waals surface area contributed by atoms with Gasteiger partial charge in [-0.05, 0) is 25.0 Å². The van der Waals surface area contributed by atoms with E-state index in [1.54, 1.807) is 29.7 Å². The molecule has 2 aromatic rings. The van der Waals surface area contributed by atoms with Gasteiger partial charge in [-0.1, -0.05) is 24.3 Å².